The van der Waals surface area contributed by atoms with Crippen molar-refractivity contribution in [3.63, 3.8) is 0 Å². The number of aromatic nitrogens is 2. The monoisotopic (exact) mass is 405 g/mol. The van der Waals surface area contributed by atoms with Crippen molar-refractivity contribution in [2.24, 2.45) is 5.73 Å². The number of pyridine rings is 2. The molecule has 0 bridgehead atoms. The summed E-state index contributed by atoms with van der Waals surface area (Å²) in [6.07, 6.45) is 7.20. The topological polar surface area (TPSA) is 124 Å². The predicted octanol–water partition coefficient (Wildman–Crippen LogP) is 2.18. The largest absolute Gasteiger partial charge is 0.383 e. The van der Waals surface area contributed by atoms with Crippen LogP contribution in [0.15, 0.2) is 55.0 Å². The fraction of sp³-hybridized carbons (Fsp3) is 0.304. The Morgan fingerprint density at radius 1 is 1.03 bits per heavy atom. The lowest BCUT2D eigenvalue weighted by Crippen LogP contribution is -2.47. The second-order valence-electron chi connectivity index (χ2n) is 7.45. The van der Waals surface area contributed by atoms with E-state index in [1.807, 2.05) is 36.4 Å². The van der Waals surface area contributed by atoms with E-state index in [4.69, 9.17) is 11.5 Å². The highest BCUT2D eigenvalue weighted by atomic mass is 16.2. The van der Waals surface area contributed by atoms with Crippen LogP contribution in [-0.4, -0.2) is 33.7 Å². The van der Waals surface area contributed by atoms with Gasteiger partial charge in [0.15, 0.2) is 5.78 Å². The number of carbonyl (C=O) groups excluding carboxylic acids is 2. The minimum Gasteiger partial charge on any atom is -0.383 e. The molecule has 0 aliphatic heterocycles. The molecular weight excluding hydrogens is 378 g/mol. The van der Waals surface area contributed by atoms with Gasteiger partial charge in [-0.3, -0.25) is 14.6 Å². The van der Waals surface area contributed by atoms with Gasteiger partial charge in [-0.05, 0) is 60.9 Å². The number of carbonyl (C=O) groups is 2. The lowest BCUT2D eigenvalue weighted by Gasteiger charge is -2.17. The highest BCUT2D eigenvalue weighted by Gasteiger charge is 2.20. The molecule has 2 atom stereocenters. The number of hydrogen-bond acceptors (Lipinski definition) is 6. The first-order chi connectivity index (χ1) is 14.4. The zero-order valence-corrected chi connectivity index (χ0v) is 17.0. The van der Waals surface area contributed by atoms with Gasteiger partial charge in [0.2, 0.25) is 5.91 Å². The van der Waals surface area contributed by atoms with Crippen LogP contribution in [0.3, 0.4) is 0 Å². The Morgan fingerprint density at radius 3 is 2.57 bits per heavy atom. The van der Waals surface area contributed by atoms with E-state index in [1.165, 1.54) is 0 Å². The predicted molar refractivity (Wildman–Crippen MR) is 118 cm³/mol. The van der Waals surface area contributed by atoms with Crippen molar-refractivity contribution in [3.8, 4) is 0 Å². The summed E-state index contributed by atoms with van der Waals surface area (Å²) in [5.74, 6) is 0.157. The van der Waals surface area contributed by atoms with Crippen LogP contribution in [0.1, 0.15) is 30.9 Å². The first kappa shape index (κ1) is 21.4. The lowest BCUT2D eigenvalue weighted by atomic mass is 10.0. The van der Waals surface area contributed by atoms with Crippen LogP contribution in [0.25, 0.3) is 10.8 Å². The molecule has 7 heteroatoms. The number of hydrogen-bond donors (Lipinski definition) is 3. The number of nitrogens with zero attached hydrogens (tertiary/aromatic N) is 2. The molecule has 30 heavy (non-hydrogen) atoms. The smallest absolute Gasteiger partial charge is 0.237 e. The molecule has 0 radical (unpaired) electrons. The number of anilines is 1. The molecule has 1 aromatic carbocycles. The van der Waals surface area contributed by atoms with Gasteiger partial charge in [-0.25, -0.2) is 4.98 Å². The SMILES string of the molecule is C[C@H](NC(=O)[C@H](N)CCc1ccncc1)C(=O)CCc1ccc2c(N)nccc2c1. The van der Waals surface area contributed by atoms with Gasteiger partial charge in [-0.2, -0.15) is 0 Å². The number of nitrogens with one attached hydrogen (secondary N) is 1. The summed E-state index contributed by atoms with van der Waals surface area (Å²) in [6.45, 7) is 1.70. The second kappa shape index (κ2) is 9.93. The quantitative estimate of drug-likeness (QED) is 0.501. The molecule has 2 heterocycles. The van der Waals surface area contributed by atoms with Crippen molar-refractivity contribution in [2.45, 2.75) is 44.7 Å². The lowest BCUT2D eigenvalue weighted by molar-refractivity contribution is -0.128. The van der Waals surface area contributed by atoms with Crippen LogP contribution in [0, 0.1) is 0 Å². The normalized spacial score (nSPS) is 13.0. The number of amides is 1. The van der Waals surface area contributed by atoms with Crippen molar-refractivity contribution in [3.05, 3.63) is 66.1 Å². The minimum atomic E-state index is -0.659. The molecule has 0 unspecified atom stereocenters. The Morgan fingerprint density at radius 2 is 1.80 bits per heavy atom. The van der Waals surface area contributed by atoms with Crippen LogP contribution in [0.2, 0.25) is 0 Å². The summed E-state index contributed by atoms with van der Waals surface area (Å²) in [4.78, 5) is 32.8. The maximum Gasteiger partial charge on any atom is 0.237 e. The summed E-state index contributed by atoms with van der Waals surface area (Å²) in [5, 5.41) is 4.63. The molecule has 5 N–H and O–H groups in total. The first-order valence-corrected chi connectivity index (χ1v) is 10.0. The van der Waals surface area contributed by atoms with E-state index in [9.17, 15) is 9.59 Å². The molecule has 0 saturated heterocycles. The average Bonchev–Trinajstić information content (AvgIpc) is 2.76. The molecule has 1 amide bonds. The highest BCUT2D eigenvalue weighted by molar-refractivity contribution is 5.92. The average molecular weight is 406 g/mol. The molecule has 3 aromatic rings. The molecule has 3 rings (SSSR count). The summed E-state index contributed by atoms with van der Waals surface area (Å²) in [7, 11) is 0. The number of rotatable bonds is 9. The Kier molecular flexibility index (Phi) is 7.08. The molecule has 0 spiro atoms. The van der Waals surface area contributed by atoms with Crippen LogP contribution in [0.4, 0.5) is 5.82 Å². The highest BCUT2D eigenvalue weighted by Crippen LogP contribution is 2.20. The Bertz CT molecular complexity index is 1020. The minimum absolute atomic E-state index is 0.0287. The van der Waals surface area contributed by atoms with Gasteiger partial charge in [0.25, 0.3) is 0 Å². The fourth-order valence-corrected chi connectivity index (χ4v) is 3.29. The molecule has 2 aromatic heterocycles. The third-order valence-corrected chi connectivity index (χ3v) is 5.19. The van der Waals surface area contributed by atoms with Gasteiger partial charge >= 0.3 is 0 Å². The van der Waals surface area contributed by atoms with Gasteiger partial charge in [0.05, 0.1) is 12.1 Å². The maximum atomic E-state index is 12.5. The Balaban J connectivity index is 1.47. The number of benzene rings is 1. The molecule has 7 nitrogen and oxygen atoms in total. The van der Waals surface area contributed by atoms with E-state index in [0.29, 0.717) is 31.5 Å². The van der Waals surface area contributed by atoms with Crippen molar-refractivity contribution >= 4 is 28.3 Å². The summed E-state index contributed by atoms with van der Waals surface area (Å²) in [5.41, 5.74) is 14.0. The summed E-state index contributed by atoms with van der Waals surface area (Å²) < 4.78 is 0. The number of nitrogen functional groups attached to an aromatic ring is 1. The Hall–Kier alpha value is -3.32. The number of ketones is 1. The standard InChI is InChI=1S/C23H27N5O2/c1-15(28-23(30)20(24)6-3-16-8-11-26-12-9-16)21(29)7-4-17-2-5-19-18(14-17)10-13-27-22(19)25/h2,5,8-15,20H,3-4,6-7,24H2,1H3,(H2,25,27)(H,28,30)/t15-,20+/m0/s1. The second-order valence-corrected chi connectivity index (χ2v) is 7.45. The molecule has 156 valence electrons. The third-order valence-electron chi connectivity index (χ3n) is 5.19. The van der Waals surface area contributed by atoms with Crippen molar-refractivity contribution in [2.75, 3.05) is 5.73 Å². The van der Waals surface area contributed by atoms with E-state index in [2.05, 4.69) is 15.3 Å². The van der Waals surface area contributed by atoms with Crippen LogP contribution >= 0.6 is 0 Å². The van der Waals surface area contributed by atoms with Gasteiger partial charge in [-0.15, -0.1) is 0 Å². The van der Waals surface area contributed by atoms with Crippen LogP contribution in [-0.2, 0) is 22.4 Å². The number of fused-ring (bicyclic) bond motifs is 1. The number of aryl methyl sites for hydroxylation is 2. The third kappa shape index (κ3) is 5.61. The van der Waals surface area contributed by atoms with Gasteiger partial charge in [0, 0.05) is 30.4 Å². The molecular formula is C23H27N5O2. The van der Waals surface area contributed by atoms with Crippen LogP contribution < -0.4 is 16.8 Å². The maximum absolute atomic E-state index is 12.5. The fourth-order valence-electron chi connectivity index (χ4n) is 3.29. The molecule has 0 aliphatic carbocycles. The molecule has 0 aliphatic rings. The van der Waals surface area contributed by atoms with E-state index < -0.39 is 12.1 Å². The van der Waals surface area contributed by atoms with Gasteiger partial charge in [0.1, 0.15) is 5.82 Å². The Labute approximate surface area is 175 Å². The van der Waals surface area contributed by atoms with Crippen molar-refractivity contribution in [1.82, 2.24) is 15.3 Å². The molecule has 0 saturated carbocycles. The number of nitrogens with two attached hydrogens (primary N) is 2. The number of Topliss-reactive ketones (excluding diaryl/α,β-unsaturated/α-hetero) is 1. The van der Waals surface area contributed by atoms with E-state index in [-0.39, 0.29) is 11.7 Å². The van der Waals surface area contributed by atoms with E-state index >= 15 is 0 Å². The zero-order chi connectivity index (χ0) is 21.5. The van der Waals surface area contributed by atoms with E-state index in [1.54, 1.807) is 25.5 Å². The van der Waals surface area contributed by atoms with Crippen LogP contribution in [0.5, 0.6) is 0 Å². The summed E-state index contributed by atoms with van der Waals surface area (Å²) >= 11 is 0. The molecule has 0 fully saturated rings. The first-order valence-electron chi connectivity index (χ1n) is 10.0. The summed E-state index contributed by atoms with van der Waals surface area (Å²) in [6, 6.07) is 10.3. The zero-order valence-electron chi connectivity index (χ0n) is 17.0. The van der Waals surface area contributed by atoms with Crippen molar-refractivity contribution < 1.29 is 9.59 Å². The van der Waals surface area contributed by atoms with Gasteiger partial charge < -0.3 is 16.8 Å². The van der Waals surface area contributed by atoms with Crippen molar-refractivity contribution in [1.29, 1.82) is 0 Å². The van der Waals surface area contributed by atoms with E-state index in [0.717, 1.165) is 21.9 Å². The van der Waals surface area contributed by atoms with Gasteiger partial charge in [-0.1, -0.05) is 18.2 Å².